The van der Waals surface area contributed by atoms with Crippen molar-refractivity contribution in [2.24, 2.45) is 5.16 Å². The second-order valence-electron chi connectivity index (χ2n) is 9.91. The lowest BCUT2D eigenvalue weighted by Gasteiger charge is -2.23. The molecule has 0 saturated carbocycles. The minimum atomic E-state index is -0.224. The summed E-state index contributed by atoms with van der Waals surface area (Å²) >= 11 is 0. The molecule has 2 N–H and O–H groups in total. The Bertz CT molecular complexity index is 1920. The zero-order chi connectivity index (χ0) is 29.9. The first-order chi connectivity index (χ1) is 21.0. The monoisotopic (exact) mass is 575 g/mol. The number of oxime groups is 1. The molecule has 0 fully saturated rings. The molecule has 0 saturated heterocycles. The summed E-state index contributed by atoms with van der Waals surface area (Å²) in [4.78, 5) is 22.7. The second kappa shape index (κ2) is 11.7. The first-order valence-corrected chi connectivity index (χ1v) is 13.7. The summed E-state index contributed by atoms with van der Waals surface area (Å²) in [6.07, 6.45) is 5.33. The van der Waals surface area contributed by atoms with Crippen molar-refractivity contribution in [3.05, 3.63) is 113 Å². The highest BCUT2D eigenvalue weighted by Gasteiger charge is 2.24. The van der Waals surface area contributed by atoms with E-state index >= 15 is 0 Å². The maximum absolute atomic E-state index is 13.8. The standard InChI is InChI=1S/C33H29N5O5/c1-20(23-16-24-26(37-40)10-7-11-28(24)38(33(23)39)21-8-5-4-6-9-21)36-32-13-12-22(19-35-32)43-29-14-15-34-27-18-31(42-3)30(41-2)17-25(27)29/h4-6,8-9,12-19,40H,1,7,10-11H2,2-3H3,(H,35,36)/b37-26+. The van der Waals surface area contributed by atoms with Crippen LogP contribution in [0.5, 0.6) is 23.0 Å². The average Bonchev–Trinajstić information content (AvgIpc) is 3.04. The Morgan fingerprint density at radius 3 is 2.49 bits per heavy atom. The predicted octanol–water partition coefficient (Wildman–Crippen LogP) is 6.19. The number of fused-ring (bicyclic) bond motifs is 2. The normalized spacial score (nSPS) is 13.4. The number of hydrogen-bond acceptors (Lipinski definition) is 9. The zero-order valence-corrected chi connectivity index (χ0v) is 23.7. The Balaban J connectivity index is 1.28. The van der Waals surface area contributed by atoms with Crippen LogP contribution in [0.15, 0.2) is 95.7 Å². The molecule has 0 atom stereocenters. The molecule has 0 radical (unpaired) electrons. The lowest BCUT2D eigenvalue weighted by Crippen LogP contribution is -2.30. The van der Waals surface area contributed by atoms with Crippen molar-refractivity contribution in [2.75, 3.05) is 19.5 Å². The van der Waals surface area contributed by atoms with Crippen LogP contribution in [0.25, 0.3) is 22.3 Å². The summed E-state index contributed by atoms with van der Waals surface area (Å²) in [5, 5.41) is 17.1. The van der Waals surface area contributed by atoms with E-state index in [0.717, 1.165) is 28.8 Å². The van der Waals surface area contributed by atoms with E-state index in [1.807, 2.05) is 36.4 Å². The number of methoxy groups -OCH3 is 2. The first-order valence-electron chi connectivity index (χ1n) is 13.7. The lowest BCUT2D eigenvalue weighted by atomic mass is 9.91. The van der Waals surface area contributed by atoms with Gasteiger partial charge in [0.25, 0.3) is 5.56 Å². The summed E-state index contributed by atoms with van der Waals surface area (Å²) in [6.45, 7) is 4.14. The molecular weight excluding hydrogens is 546 g/mol. The van der Waals surface area contributed by atoms with Gasteiger partial charge in [0.05, 0.1) is 37.2 Å². The van der Waals surface area contributed by atoms with Gasteiger partial charge in [-0.3, -0.25) is 14.3 Å². The van der Waals surface area contributed by atoms with Gasteiger partial charge in [-0.2, -0.15) is 0 Å². The van der Waals surface area contributed by atoms with Crippen LogP contribution < -0.4 is 25.1 Å². The van der Waals surface area contributed by atoms with Crippen LogP contribution in [0.3, 0.4) is 0 Å². The topological polar surface area (TPSA) is 120 Å². The van der Waals surface area contributed by atoms with Gasteiger partial charge in [0.15, 0.2) is 11.5 Å². The highest BCUT2D eigenvalue weighted by atomic mass is 16.5. The molecule has 0 bridgehead atoms. The number of nitrogens with one attached hydrogen (secondary N) is 1. The van der Waals surface area contributed by atoms with Gasteiger partial charge >= 0.3 is 0 Å². The minimum absolute atomic E-state index is 0.224. The van der Waals surface area contributed by atoms with Crippen molar-refractivity contribution in [2.45, 2.75) is 19.3 Å². The quantitative estimate of drug-likeness (QED) is 0.166. The number of rotatable bonds is 8. The van der Waals surface area contributed by atoms with E-state index < -0.39 is 0 Å². The number of anilines is 1. The third kappa shape index (κ3) is 5.26. The van der Waals surface area contributed by atoms with Gasteiger partial charge in [-0.15, -0.1) is 0 Å². The molecule has 0 spiro atoms. The molecule has 0 unspecified atom stereocenters. The molecule has 43 heavy (non-hydrogen) atoms. The Morgan fingerprint density at radius 1 is 0.977 bits per heavy atom. The van der Waals surface area contributed by atoms with Crippen molar-refractivity contribution in [1.82, 2.24) is 14.5 Å². The van der Waals surface area contributed by atoms with Crippen LogP contribution in [-0.2, 0) is 6.42 Å². The van der Waals surface area contributed by atoms with Crippen LogP contribution in [0, 0.1) is 0 Å². The van der Waals surface area contributed by atoms with Crippen molar-refractivity contribution in [3.8, 4) is 28.7 Å². The molecule has 3 heterocycles. The Labute approximate surface area is 247 Å². The van der Waals surface area contributed by atoms with E-state index in [2.05, 4.69) is 27.0 Å². The predicted molar refractivity (Wildman–Crippen MR) is 165 cm³/mol. The molecule has 3 aromatic heterocycles. The van der Waals surface area contributed by atoms with Gasteiger partial charge in [-0.25, -0.2) is 4.98 Å². The Hall–Kier alpha value is -5.64. The SMILES string of the molecule is C=C(Nc1ccc(Oc2ccnc3cc(OC)c(OC)cc23)cn1)c1cc2c(n(-c3ccccc3)c1=O)CCC/C2=N\O. The molecule has 10 heteroatoms. The number of hydrogen-bond donors (Lipinski definition) is 2. The van der Waals surface area contributed by atoms with Gasteiger partial charge in [0.1, 0.15) is 17.3 Å². The Morgan fingerprint density at radius 2 is 1.77 bits per heavy atom. The van der Waals surface area contributed by atoms with Crippen LogP contribution in [-0.4, -0.2) is 39.7 Å². The summed E-state index contributed by atoms with van der Waals surface area (Å²) in [6, 6.07) is 20.0. The van der Waals surface area contributed by atoms with Crippen molar-refractivity contribution in [3.63, 3.8) is 0 Å². The number of benzene rings is 2. The van der Waals surface area contributed by atoms with Crippen LogP contribution >= 0.6 is 0 Å². The van der Waals surface area contributed by atoms with E-state index in [0.29, 0.717) is 64.1 Å². The smallest absolute Gasteiger partial charge is 0.264 e. The minimum Gasteiger partial charge on any atom is -0.493 e. The van der Waals surface area contributed by atoms with Gasteiger partial charge in [0.2, 0.25) is 0 Å². The number of para-hydroxylation sites is 1. The van der Waals surface area contributed by atoms with Crippen molar-refractivity contribution >= 4 is 28.1 Å². The summed E-state index contributed by atoms with van der Waals surface area (Å²) in [7, 11) is 3.15. The number of ether oxygens (including phenoxy) is 3. The largest absolute Gasteiger partial charge is 0.493 e. The van der Waals surface area contributed by atoms with Crippen LogP contribution in [0.2, 0.25) is 0 Å². The average molecular weight is 576 g/mol. The fraction of sp³-hybridized carbons (Fsp3) is 0.152. The maximum atomic E-state index is 13.8. The second-order valence-corrected chi connectivity index (χ2v) is 9.91. The molecule has 1 aliphatic rings. The van der Waals surface area contributed by atoms with Gasteiger partial charge in [-0.05, 0) is 61.7 Å². The van der Waals surface area contributed by atoms with Crippen LogP contribution in [0.4, 0.5) is 5.82 Å². The summed E-state index contributed by atoms with van der Waals surface area (Å²) in [5.74, 6) is 2.70. The molecule has 0 amide bonds. The van der Waals surface area contributed by atoms with Crippen LogP contribution in [0.1, 0.15) is 29.7 Å². The maximum Gasteiger partial charge on any atom is 0.264 e. The number of nitrogens with zero attached hydrogens (tertiary/aromatic N) is 4. The zero-order valence-electron chi connectivity index (χ0n) is 23.7. The van der Waals surface area contributed by atoms with E-state index in [1.165, 1.54) is 0 Å². The summed E-state index contributed by atoms with van der Waals surface area (Å²) < 4.78 is 18.6. The van der Waals surface area contributed by atoms with Gasteiger partial charge in [0, 0.05) is 40.3 Å². The molecule has 10 nitrogen and oxygen atoms in total. The number of pyridine rings is 3. The first kappa shape index (κ1) is 27.5. The third-order valence-electron chi connectivity index (χ3n) is 7.35. The molecule has 216 valence electrons. The molecule has 1 aliphatic carbocycles. The highest BCUT2D eigenvalue weighted by Crippen LogP contribution is 2.37. The molecule has 2 aromatic carbocycles. The Kier molecular flexibility index (Phi) is 7.48. The summed E-state index contributed by atoms with van der Waals surface area (Å²) in [5.41, 5.74) is 3.99. The lowest BCUT2D eigenvalue weighted by molar-refractivity contribution is 0.317. The van der Waals surface area contributed by atoms with E-state index in [1.54, 1.807) is 61.5 Å². The fourth-order valence-electron chi connectivity index (χ4n) is 5.28. The third-order valence-corrected chi connectivity index (χ3v) is 7.35. The van der Waals surface area contributed by atoms with E-state index in [-0.39, 0.29) is 5.56 Å². The van der Waals surface area contributed by atoms with E-state index in [9.17, 15) is 10.0 Å². The fourth-order valence-corrected chi connectivity index (χ4v) is 5.28. The van der Waals surface area contributed by atoms with Gasteiger partial charge < -0.3 is 24.7 Å². The molecule has 0 aliphatic heterocycles. The van der Waals surface area contributed by atoms with E-state index in [4.69, 9.17) is 14.2 Å². The van der Waals surface area contributed by atoms with Gasteiger partial charge in [-0.1, -0.05) is 29.9 Å². The number of aromatic nitrogens is 3. The molecule has 5 aromatic rings. The van der Waals surface area contributed by atoms with Crippen molar-refractivity contribution < 1.29 is 19.4 Å². The van der Waals surface area contributed by atoms with Crippen molar-refractivity contribution in [1.29, 1.82) is 0 Å². The molecule has 6 rings (SSSR count). The highest BCUT2D eigenvalue weighted by molar-refractivity contribution is 6.02. The molecular formula is C33H29N5O5.